The number of nitrogens with zero attached hydrogens (tertiary/aromatic N) is 1. The molecule has 0 amide bonds. The van der Waals surface area contributed by atoms with Crippen LogP contribution in [0.5, 0.6) is 11.5 Å². The monoisotopic (exact) mass is 270 g/mol. The van der Waals surface area contributed by atoms with Crippen molar-refractivity contribution in [2.24, 2.45) is 0 Å². The SMILES string of the molecule is Cc1cccc(Oc2cncc(CNC(C)C)c2)c1C. The summed E-state index contributed by atoms with van der Waals surface area (Å²) >= 11 is 0. The van der Waals surface area contributed by atoms with Gasteiger partial charge in [0.1, 0.15) is 11.5 Å². The van der Waals surface area contributed by atoms with Crippen LogP contribution < -0.4 is 10.1 Å². The molecule has 0 radical (unpaired) electrons. The minimum absolute atomic E-state index is 0.457. The molecule has 0 spiro atoms. The van der Waals surface area contributed by atoms with E-state index in [1.165, 1.54) is 11.1 Å². The molecule has 106 valence electrons. The minimum Gasteiger partial charge on any atom is -0.455 e. The molecule has 2 aromatic rings. The first-order valence-corrected chi connectivity index (χ1v) is 6.97. The molecule has 1 N–H and O–H groups in total. The predicted molar refractivity (Wildman–Crippen MR) is 82.2 cm³/mol. The van der Waals surface area contributed by atoms with Crippen molar-refractivity contribution in [2.45, 2.75) is 40.3 Å². The van der Waals surface area contributed by atoms with Gasteiger partial charge in [-0.25, -0.2) is 0 Å². The largest absolute Gasteiger partial charge is 0.455 e. The van der Waals surface area contributed by atoms with E-state index < -0.39 is 0 Å². The van der Waals surface area contributed by atoms with Gasteiger partial charge < -0.3 is 10.1 Å². The molecule has 0 aliphatic heterocycles. The van der Waals surface area contributed by atoms with Gasteiger partial charge in [-0.15, -0.1) is 0 Å². The summed E-state index contributed by atoms with van der Waals surface area (Å²) in [7, 11) is 0. The van der Waals surface area contributed by atoms with Gasteiger partial charge in [-0.3, -0.25) is 4.98 Å². The fourth-order valence-corrected chi connectivity index (χ4v) is 1.90. The molecule has 0 atom stereocenters. The van der Waals surface area contributed by atoms with Crippen LogP contribution in [0.15, 0.2) is 36.7 Å². The van der Waals surface area contributed by atoms with E-state index in [2.05, 4.69) is 44.1 Å². The summed E-state index contributed by atoms with van der Waals surface area (Å²) in [6.07, 6.45) is 3.62. The van der Waals surface area contributed by atoms with E-state index in [1.807, 2.05) is 24.4 Å². The van der Waals surface area contributed by atoms with E-state index in [1.54, 1.807) is 6.20 Å². The van der Waals surface area contributed by atoms with Crippen molar-refractivity contribution in [1.82, 2.24) is 10.3 Å². The van der Waals surface area contributed by atoms with Gasteiger partial charge >= 0.3 is 0 Å². The second kappa shape index (κ2) is 6.53. The van der Waals surface area contributed by atoms with E-state index in [9.17, 15) is 0 Å². The predicted octanol–water partition coefficient (Wildman–Crippen LogP) is 3.99. The van der Waals surface area contributed by atoms with Gasteiger partial charge in [-0.2, -0.15) is 0 Å². The number of aromatic nitrogens is 1. The maximum atomic E-state index is 5.95. The lowest BCUT2D eigenvalue weighted by Crippen LogP contribution is -2.21. The third-order valence-electron chi connectivity index (χ3n) is 3.27. The topological polar surface area (TPSA) is 34.1 Å². The number of benzene rings is 1. The van der Waals surface area contributed by atoms with Crippen molar-refractivity contribution in [3.8, 4) is 11.5 Å². The smallest absolute Gasteiger partial charge is 0.146 e. The van der Waals surface area contributed by atoms with Crippen LogP contribution in [0.4, 0.5) is 0 Å². The first-order valence-electron chi connectivity index (χ1n) is 6.97. The summed E-state index contributed by atoms with van der Waals surface area (Å²) in [5.74, 6) is 1.67. The standard InChI is InChI=1S/C17H22N2O/c1-12(2)19-10-15-8-16(11-18-9-15)20-17-7-5-6-13(3)14(17)4/h5-9,11-12,19H,10H2,1-4H3. The Labute approximate surface area is 121 Å². The summed E-state index contributed by atoms with van der Waals surface area (Å²) in [5.41, 5.74) is 3.52. The van der Waals surface area contributed by atoms with E-state index >= 15 is 0 Å². The van der Waals surface area contributed by atoms with Crippen LogP contribution >= 0.6 is 0 Å². The number of aryl methyl sites for hydroxylation is 1. The second-order valence-corrected chi connectivity index (χ2v) is 5.36. The van der Waals surface area contributed by atoms with Crippen LogP contribution in [-0.2, 0) is 6.54 Å². The minimum atomic E-state index is 0.457. The Morgan fingerprint density at radius 2 is 2.00 bits per heavy atom. The van der Waals surface area contributed by atoms with Gasteiger partial charge in [0.25, 0.3) is 0 Å². The second-order valence-electron chi connectivity index (χ2n) is 5.36. The Bertz CT molecular complexity index is 579. The molecule has 0 aliphatic carbocycles. The molecule has 0 bridgehead atoms. The Balaban J connectivity index is 2.13. The third kappa shape index (κ3) is 3.81. The highest BCUT2D eigenvalue weighted by molar-refractivity contribution is 5.41. The quantitative estimate of drug-likeness (QED) is 0.892. The van der Waals surface area contributed by atoms with E-state index in [0.29, 0.717) is 6.04 Å². The molecule has 1 heterocycles. The molecule has 0 aliphatic rings. The molecule has 0 saturated heterocycles. The van der Waals surface area contributed by atoms with Gasteiger partial charge in [0.15, 0.2) is 0 Å². The summed E-state index contributed by atoms with van der Waals surface area (Å²) in [4.78, 5) is 4.25. The molecule has 1 aromatic carbocycles. The van der Waals surface area contributed by atoms with Gasteiger partial charge in [-0.1, -0.05) is 26.0 Å². The maximum Gasteiger partial charge on any atom is 0.146 e. The van der Waals surface area contributed by atoms with Gasteiger partial charge in [0.05, 0.1) is 6.20 Å². The summed E-state index contributed by atoms with van der Waals surface area (Å²) in [6, 6.07) is 8.57. The van der Waals surface area contributed by atoms with Crippen LogP contribution in [0.2, 0.25) is 0 Å². The van der Waals surface area contributed by atoms with Gasteiger partial charge in [0, 0.05) is 18.8 Å². The third-order valence-corrected chi connectivity index (χ3v) is 3.27. The molecule has 0 fully saturated rings. The van der Waals surface area contributed by atoms with Crippen molar-refractivity contribution in [1.29, 1.82) is 0 Å². The Morgan fingerprint density at radius 3 is 2.75 bits per heavy atom. The average molecular weight is 270 g/mol. The van der Waals surface area contributed by atoms with Crippen LogP contribution in [0.25, 0.3) is 0 Å². The van der Waals surface area contributed by atoms with Crippen molar-refractivity contribution >= 4 is 0 Å². The maximum absolute atomic E-state index is 5.95. The highest BCUT2D eigenvalue weighted by atomic mass is 16.5. The Morgan fingerprint density at radius 1 is 1.20 bits per heavy atom. The molecule has 2 rings (SSSR count). The van der Waals surface area contributed by atoms with E-state index in [-0.39, 0.29) is 0 Å². The van der Waals surface area contributed by atoms with Crippen LogP contribution in [0.1, 0.15) is 30.5 Å². The normalized spacial score (nSPS) is 10.8. The van der Waals surface area contributed by atoms with E-state index in [0.717, 1.165) is 23.6 Å². The van der Waals surface area contributed by atoms with Crippen LogP contribution in [-0.4, -0.2) is 11.0 Å². The number of rotatable bonds is 5. The zero-order valence-electron chi connectivity index (χ0n) is 12.6. The zero-order chi connectivity index (χ0) is 14.5. The van der Waals surface area contributed by atoms with Crippen molar-refractivity contribution in [2.75, 3.05) is 0 Å². The molecule has 0 unspecified atom stereocenters. The molecule has 3 heteroatoms. The molecule has 20 heavy (non-hydrogen) atoms. The van der Waals surface area contributed by atoms with Gasteiger partial charge in [-0.05, 0) is 42.7 Å². The number of hydrogen-bond donors (Lipinski definition) is 1. The van der Waals surface area contributed by atoms with Crippen LogP contribution in [0, 0.1) is 13.8 Å². The van der Waals surface area contributed by atoms with Crippen molar-refractivity contribution in [3.05, 3.63) is 53.3 Å². The fourth-order valence-electron chi connectivity index (χ4n) is 1.90. The molecular formula is C17H22N2O. The molecular weight excluding hydrogens is 248 g/mol. The fraction of sp³-hybridized carbons (Fsp3) is 0.353. The number of pyridine rings is 1. The highest BCUT2D eigenvalue weighted by Crippen LogP contribution is 2.26. The summed E-state index contributed by atoms with van der Waals surface area (Å²) in [6.45, 7) is 9.22. The first-order chi connectivity index (χ1) is 9.56. The molecule has 1 aromatic heterocycles. The summed E-state index contributed by atoms with van der Waals surface area (Å²) in [5, 5.41) is 3.38. The lowest BCUT2D eigenvalue weighted by atomic mass is 10.1. The van der Waals surface area contributed by atoms with Crippen molar-refractivity contribution in [3.63, 3.8) is 0 Å². The number of ether oxygens (including phenoxy) is 1. The Hall–Kier alpha value is -1.87. The first kappa shape index (κ1) is 14.5. The molecule has 0 saturated carbocycles. The molecule has 3 nitrogen and oxygen atoms in total. The zero-order valence-corrected chi connectivity index (χ0v) is 12.6. The highest BCUT2D eigenvalue weighted by Gasteiger charge is 2.05. The summed E-state index contributed by atoms with van der Waals surface area (Å²) < 4.78 is 5.95. The average Bonchev–Trinajstić information content (AvgIpc) is 2.42. The number of hydrogen-bond acceptors (Lipinski definition) is 3. The number of nitrogens with one attached hydrogen (secondary N) is 1. The Kier molecular flexibility index (Phi) is 4.74. The van der Waals surface area contributed by atoms with Gasteiger partial charge in [0.2, 0.25) is 0 Å². The lowest BCUT2D eigenvalue weighted by molar-refractivity contribution is 0.474. The van der Waals surface area contributed by atoms with Crippen molar-refractivity contribution < 1.29 is 4.74 Å². The van der Waals surface area contributed by atoms with Crippen LogP contribution in [0.3, 0.4) is 0 Å². The van der Waals surface area contributed by atoms with E-state index in [4.69, 9.17) is 4.74 Å². The lowest BCUT2D eigenvalue weighted by Gasteiger charge is -2.12.